The Morgan fingerprint density at radius 3 is 2.76 bits per heavy atom. The van der Waals surface area contributed by atoms with Crippen LogP contribution in [-0.4, -0.2) is 17.1 Å². The second-order valence-electron chi connectivity index (χ2n) is 4.50. The fourth-order valence-electron chi connectivity index (χ4n) is 2.08. The summed E-state index contributed by atoms with van der Waals surface area (Å²) in [6.45, 7) is 0.530. The minimum atomic E-state index is 0.164. The summed E-state index contributed by atoms with van der Waals surface area (Å²) in [6.07, 6.45) is 0. The first-order chi connectivity index (χ1) is 10.3. The topological polar surface area (TPSA) is 44.2 Å². The molecule has 0 amide bonds. The molecular weight excluding hydrogens is 288 g/mol. The average molecular weight is 301 g/mol. The van der Waals surface area contributed by atoms with E-state index in [9.17, 15) is 0 Å². The Morgan fingerprint density at radius 2 is 1.90 bits per heavy atom. The zero-order valence-corrected chi connectivity index (χ0v) is 12.2. The zero-order chi connectivity index (χ0) is 14.7. The first-order valence-electron chi connectivity index (χ1n) is 6.44. The van der Waals surface area contributed by atoms with Crippen molar-refractivity contribution in [1.82, 2.24) is 9.97 Å². The molecule has 3 rings (SSSR count). The molecule has 4 nitrogen and oxygen atoms in total. The Bertz CT molecular complexity index is 777. The van der Waals surface area contributed by atoms with Crippen LogP contribution in [0, 0.1) is 0 Å². The molecule has 2 aromatic carbocycles. The lowest BCUT2D eigenvalue weighted by atomic mass is 10.2. The Labute approximate surface area is 127 Å². The van der Waals surface area contributed by atoms with Crippen molar-refractivity contribution in [2.75, 3.05) is 7.11 Å². The third kappa shape index (κ3) is 3.12. The van der Waals surface area contributed by atoms with E-state index in [0.29, 0.717) is 18.2 Å². The van der Waals surface area contributed by atoms with E-state index < -0.39 is 0 Å². The van der Waals surface area contributed by atoms with Gasteiger partial charge in [0.15, 0.2) is 0 Å². The SMILES string of the molecule is COCc1cccc(Oc2nc(Cl)nc3ccccc23)c1. The highest BCUT2D eigenvalue weighted by molar-refractivity contribution is 6.28. The van der Waals surface area contributed by atoms with Crippen LogP contribution in [0.3, 0.4) is 0 Å². The molecule has 0 saturated carbocycles. The van der Waals surface area contributed by atoms with Crippen LogP contribution in [0.25, 0.3) is 10.9 Å². The molecule has 0 fully saturated rings. The molecule has 0 aliphatic rings. The van der Waals surface area contributed by atoms with E-state index in [4.69, 9.17) is 21.1 Å². The molecule has 0 aliphatic heterocycles. The van der Waals surface area contributed by atoms with Crippen molar-refractivity contribution >= 4 is 22.5 Å². The third-order valence-electron chi connectivity index (χ3n) is 2.96. The largest absolute Gasteiger partial charge is 0.438 e. The highest BCUT2D eigenvalue weighted by Crippen LogP contribution is 2.28. The average Bonchev–Trinajstić information content (AvgIpc) is 2.48. The Morgan fingerprint density at radius 1 is 1.05 bits per heavy atom. The smallest absolute Gasteiger partial charge is 0.231 e. The van der Waals surface area contributed by atoms with Gasteiger partial charge in [0.2, 0.25) is 11.2 Å². The van der Waals surface area contributed by atoms with E-state index >= 15 is 0 Å². The van der Waals surface area contributed by atoms with Crippen LogP contribution in [0.1, 0.15) is 5.56 Å². The maximum absolute atomic E-state index is 5.95. The van der Waals surface area contributed by atoms with Crippen LogP contribution in [0.2, 0.25) is 5.28 Å². The summed E-state index contributed by atoms with van der Waals surface area (Å²) < 4.78 is 11.0. The Hall–Kier alpha value is -2.17. The van der Waals surface area contributed by atoms with Crippen LogP contribution in [-0.2, 0) is 11.3 Å². The monoisotopic (exact) mass is 300 g/mol. The van der Waals surface area contributed by atoms with Crippen molar-refractivity contribution < 1.29 is 9.47 Å². The van der Waals surface area contributed by atoms with Crippen LogP contribution < -0.4 is 4.74 Å². The van der Waals surface area contributed by atoms with Crippen LogP contribution >= 0.6 is 11.6 Å². The van der Waals surface area contributed by atoms with E-state index in [1.165, 1.54) is 0 Å². The molecule has 21 heavy (non-hydrogen) atoms. The zero-order valence-electron chi connectivity index (χ0n) is 11.4. The van der Waals surface area contributed by atoms with E-state index in [1.807, 2.05) is 48.5 Å². The predicted octanol–water partition coefficient (Wildman–Crippen LogP) is 4.22. The molecule has 5 heteroatoms. The summed E-state index contributed by atoms with van der Waals surface area (Å²) in [7, 11) is 1.66. The summed E-state index contributed by atoms with van der Waals surface area (Å²) in [5, 5.41) is 0.982. The van der Waals surface area contributed by atoms with E-state index in [-0.39, 0.29) is 5.28 Å². The first-order valence-corrected chi connectivity index (χ1v) is 6.82. The van der Waals surface area contributed by atoms with Crippen molar-refractivity contribution in [2.45, 2.75) is 6.61 Å². The molecule has 0 N–H and O–H groups in total. The van der Waals surface area contributed by atoms with Crippen LogP contribution in [0.5, 0.6) is 11.6 Å². The Balaban J connectivity index is 1.99. The van der Waals surface area contributed by atoms with Gasteiger partial charge in [0.25, 0.3) is 0 Å². The standard InChI is InChI=1S/C16H13ClN2O2/c1-20-10-11-5-4-6-12(9-11)21-15-13-7-2-3-8-14(13)18-16(17)19-15/h2-9H,10H2,1H3. The third-order valence-corrected chi connectivity index (χ3v) is 3.13. The van der Waals surface area contributed by atoms with Gasteiger partial charge in [0.1, 0.15) is 5.75 Å². The highest BCUT2D eigenvalue weighted by atomic mass is 35.5. The molecule has 0 spiro atoms. The molecule has 3 aromatic rings. The number of nitrogens with zero attached hydrogens (tertiary/aromatic N) is 2. The molecular formula is C16H13ClN2O2. The van der Waals surface area contributed by atoms with Crippen molar-refractivity contribution in [2.24, 2.45) is 0 Å². The highest BCUT2D eigenvalue weighted by Gasteiger charge is 2.08. The van der Waals surface area contributed by atoms with Gasteiger partial charge >= 0.3 is 0 Å². The number of halogens is 1. The van der Waals surface area contributed by atoms with Gasteiger partial charge in [0, 0.05) is 7.11 Å². The van der Waals surface area contributed by atoms with Crippen molar-refractivity contribution in [3.8, 4) is 11.6 Å². The van der Waals surface area contributed by atoms with Gasteiger partial charge in [-0.3, -0.25) is 0 Å². The lowest BCUT2D eigenvalue weighted by Crippen LogP contribution is -1.94. The van der Waals surface area contributed by atoms with Gasteiger partial charge < -0.3 is 9.47 Å². The van der Waals surface area contributed by atoms with Crippen molar-refractivity contribution in [3.05, 3.63) is 59.4 Å². The summed E-state index contributed by atoms with van der Waals surface area (Å²) in [6, 6.07) is 15.2. The fraction of sp³-hybridized carbons (Fsp3) is 0.125. The van der Waals surface area contributed by atoms with Crippen LogP contribution in [0.15, 0.2) is 48.5 Å². The number of ether oxygens (including phenoxy) is 2. The second-order valence-corrected chi connectivity index (χ2v) is 4.84. The van der Waals surface area contributed by atoms with Gasteiger partial charge in [-0.2, -0.15) is 4.98 Å². The summed E-state index contributed by atoms with van der Waals surface area (Å²) >= 11 is 5.95. The van der Waals surface area contributed by atoms with E-state index in [0.717, 1.165) is 16.5 Å². The second kappa shape index (κ2) is 6.08. The summed E-state index contributed by atoms with van der Waals surface area (Å²) in [5.41, 5.74) is 1.78. The quantitative estimate of drug-likeness (QED) is 0.677. The lowest BCUT2D eigenvalue weighted by Gasteiger charge is -2.09. The molecule has 0 unspecified atom stereocenters. The maximum atomic E-state index is 5.95. The van der Waals surface area contributed by atoms with Gasteiger partial charge in [-0.05, 0) is 41.4 Å². The molecule has 0 aliphatic carbocycles. The number of rotatable bonds is 4. The molecule has 0 saturated heterocycles. The van der Waals surface area contributed by atoms with Crippen molar-refractivity contribution in [1.29, 1.82) is 0 Å². The molecule has 1 aromatic heterocycles. The van der Waals surface area contributed by atoms with Gasteiger partial charge in [-0.15, -0.1) is 0 Å². The fourth-order valence-corrected chi connectivity index (χ4v) is 2.24. The molecule has 0 radical (unpaired) electrons. The van der Waals surface area contributed by atoms with Crippen molar-refractivity contribution in [3.63, 3.8) is 0 Å². The first kappa shape index (κ1) is 13.8. The normalized spacial score (nSPS) is 10.8. The summed E-state index contributed by atoms with van der Waals surface area (Å²) in [4.78, 5) is 8.35. The molecule has 106 valence electrons. The number of benzene rings is 2. The molecule has 0 bridgehead atoms. The van der Waals surface area contributed by atoms with Gasteiger partial charge in [-0.1, -0.05) is 24.3 Å². The number of aromatic nitrogens is 2. The van der Waals surface area contributed by atoms with Gasteiger partial charge in [0.05, 0.1) is 17.5 Å². The molecule has 0 atom stereocenters. The Kier molecular flexibility index (Phi) is 3.99. The minimum Gasteiger partial charge on any atom is -0.438 e. The number of fused-ring (bicyclic) bond motifs is 1. The number of hydrogen-bond donors (Lipinski definition) is 0. The minimum absolute atomic E-state index is 0.164. The number of hydrogen-bond acceptors (Lipinski definition) is 4. The lowest BCUT2D eigenvalue weighted by molar-refractivity contribution is 0.184. The molecule has 1 heterocycles. The number of methoxy groups -OCH3 is 1. The summed E-state index contributed by atoms with van der Waals surface area (Å²) in [5.74, 6) is 1.13. The van der Waals surface area contributed by atoms with Gasteiger partial charge in [-0.25, -0.2) is 4.98 Å². The van der Waals surface area contributed by atoms with E-state index in [2.05, 4.69) is 9.97 Å². The predicted molar refractivity (Wildman–Crippen MR) is 81.8 cm³/mol. The van der Waals surface area contributed by atoms with E-state index in [1.54, 1.807) is 7.11 Å². The maximum Gasteiger partial charge on any atom is 0.231 e. The van der Waals surface area contributed by atoms with Crippen LogP contribution in [0.4, 0.5) is 0 Å². The number of para-hydroxylation sites is 1.